The molecule has 5 N–H and O–H groups in total. The zero-order valence-electron chi connectivity index (χ0n) is 9.35. The first-order chi connectivity index (χ1) is 8.34. The van der Waals surface area contributed by atoms with Gasteiger partial charge in [0.1, 0.15) is 6.04 Å². The van der Waals surface area contributed by atoms with Crippen molar-refractivity contribution in [1.82, 2.24) is 5.32 Å². The fourth-order valence-corrected chi connectivity index (χ4v) is 1.96. The smallest absolute Gasteiger partial charge is 0.356 e. The molecular weight excluding hydrogens is 261 g/mol. The van der Waals surface area contributed by atoms with Crippen LogP contribution in [0.4, 0.5) is 0 Å². The Morgan fingerprint density at radius 2 is 1.83 bits per heavy atom. The maximum absolute atomic E-state index is 10.9. The van der Waals surface area contributed by atoms with Gasteiger partial charge in [0, 0.05) is 0 Å². The molecule has 0 heterocycles. The average Bonchev–Trinajstić information content (AvgIpc) is 2.28. The molecule has 0 amide bonds. The minimum absolute atomic E-state index is 0.108. The molecule has 100 valence electrons. The molecule has 1 aromatic carbocycles. The van der Waals surface area contributed by atoms with Gasteiger partial charge in [0.05, 0.1) is 12.0 Å². The average molecular weight is 275 g/mol. The molecule has 1 rings (SSSR count). The first-order valence-corrected chi connectivity index (χ1v) is 6.68. The molecule has 1 aromatic rings. The third-order valence-corrected chi connectivity index (χ3v) is 3.32. The highest BCUT2D eigenvalue weighted by atomic mass is 31.2. The highest BCUT2D eigenvalue weighted by Crippen LogP contribution is 2.32. The van der Waals surface area contributed by atoms with Crippen molar-refractivity contribution in [2.75, 3.05) is 6.73 Å². The number of carbonyl (C=O) groups is 1. The summed E-state index contributed by atoms with van der Waals surface area (Å²) in [5, 5.41) is 19.7. The highest BCUT2D eigenvalue weighted by molar-refractivity contribution is 7.60. The Morgan fingerprint density at radius 3 is 2.22 bits per heavy atom. The number of hydrogen-bond donors (Lipinski definition) is 5. The number of carboxylic acids is 1. The summed E-state index contributed by atoms with van der Waals surface area (Å²) < 4.78 is 10.9. The van der Waals surface area contributed by atoms with E-state index in [2.05, 4.69) is 5.32 Å². The quantitative estimate of drug-likeness (QED) is 0.333. The minimum atomic E-state index is -4.28. The van der Waals surface area contributed by atoms with Gasteiger partial charge in [-0.2, -0.15) is 0 Å². The fraction of sp³-hybridized carbons (Fsp3) is 0.300. The molecule has 8 heteroatoms. The second kappa shape index (κ2) is 6.08. The van der Waals surface area contributed by atoms with E-state index in [0.29, 0.717) is 5.56 Å². The second-order valence-electron chi connectivity index (χ2n) is 3.67. The number of aliphatic hydroxyl groups excluding tert-OH is 1. The van der Waals surface area contributed by atoms with Crippen molar-refractivity contribution in [3.63, 3.8) is 0 Å². The van der Waals surface area contributed by atoms with Crippen LogP contribution < -0.4 is 10.6 Å². The summed E-state index contributed by atoms with van der Waals surface area (Å²) in [7, 11) is -4.28. The number of aliphatic hydroxyl groups is 1. The summed E-state index contributed by atoms with van der Waals surface area (Å²) in [6.45, 7) is -0.461. The van der Waals surface area contributed by atoms with Gasteiger partial charge in [-0.15, -0.1) is 0 Å². The van der Waals surface area contributed by atoms with E-state index in [0.717, 1.165) is 0 Å². The van der Waals surface area contributed by atoms with Gasteiger partial charge in [0.15, 0.2) is 0 Å². The Hall–Kier alpha value is -1.24. The predicted molar refractivity (Wildman–Crippen MR) is 63.5 cm³/mol. The topological polar surface area (TPSA) is 127 Å². The molecule has 1 atom stereocenters. The molecule has 0 saturated carbocycles. The fourth-order valence-electron chi connectivity index (χ4n) is 1.42. The van der Waals surface area contributed by atoms with Crippen molar-refractivity contribution in [2.45, 2.75) is 12.5 Å². The molecule has 0 saturated heterocycles. The van der Waals surface area contributed by atoms with Crippen LogP contribution in [0.25, 0.3) is 0 Å². The normalized spacial score (nSPS) is 13.3. The number of rotatable bonds is 6. The van der Waals surface area contributed by atoms with Crippen molar-refractivity contribution >= 4 is 18.9 Å². The molecule has 0 fully saturated rings. The van der Waals surface area contributed by atoms with Crippen LogP contribution >= 0.6 is 7.60 Å². The molecule has 0 unspecified atom stereocenters. The van der Waals surface area contributed by atoms with Crippen LogP contribution in [0.1, 0.15) is 5.56 Å². The monoisotopic (exact) mass is 275 g/mol. The lowest BCUT2D eigenvalue weighted by molar-refractivity contribution is -0.139. The van der Waals surface area contributed by atoms with Gasteiger partial charge in [-0.25, -0.2) is 0 Å². The third-order valence-electron chi connectivity index (χ3n) is 2.35. The van der Waals surface area contributed by atoms with Crippen molar-refractivity contribution in [3.05, 3.63) is 29.8 Å². The van der Waals surface area contributed by atoms with Crippen molar-refractivity contribution in [2.24, 2.45) is 0 Å². The number of aliphatic carboxylic acids is 1. The number of carboxylic acid groups (broad SMARTS) is 1. The van der Waals surface area contributed by atoms with E-state index in [1.54, 1.807) is 0 Å². The summed E-state index contributed by atoms with van der Waals surface area (Å²) in [6, 6.07) is 4.46. The van der Waals surface area contributed by atoms with Crippen LogP contribution in [0.15, 0.2) is 24.3 Å². The van der Waals surface area contributed by atoms with E-state index in [9.17, 15) is 9.36 Å². The molecular formula is C10H14NO6P. The lowest BCUT2D eigenvalue weighted by Gasteiger charge is -2.13. The highest BCUT2D eigenvalue weighted by Gasteiger charge is 2.19. The first-order valence-electron chi connectivity index (χ1n) is 5.06. The summed E-state index contributed by atoms with van der Waals surface area (Å²) in [6.07, 6.45) is 0.108. The van der Waals surface area contributed by atoms with E-state index in [-0.39, 0.29) is 11.7 Å². The second-order valence-corrected chi connectivity index (χ2v) is 5.27. The molecule has 0 aliphatic carbocycles. The third kappa shape index (κ3) is 4.21. The Balaban J connectivity index is 2.79. The molecule has 7 nitrogen and oxygen atoms in total. The van der Waals surface area contributed by atoms with E-state index in [1.807, 2.05) is 0 Å². The maximum atomic E-state index is 10.9. The van der Waals surface area contributed by atoms with Gasteiger partial charge >= 0.3 is 13.6 Å². The summed E-state index contributed by atoms with van der Waals surface area (Å²) in [5.41, 5.74) is 0.598. The largest absolute Gasteiger partial charge is 0.480 e. The van der Waals surface area contributed by atoms with Crippen LogP contribution in [0.3, 0.4) is 0 Å². The number of nitrogens with one attached hydrogen (secondary N) is 1. The molecule has 0 aromatic heterocycles. The molecule has 0 aliphatic rings. The lowest BCUT2D eigenvalue weighted by atomic mass is 10.1. The van der Waals surface area contributed by atoms with Crippen LogP contribution in [0.2, 0.25) is 0 Å². The van der Waals surface area contributed by atoms with E-state index in [1.165, 1.54) is 24.3 Å². The van der Waals surface area contributed by atoms with Crippen molar-refractivity contribution < 1.29 is 29.4 Å². The molecule has 18 heavy (non-hydrogen) atoms. The number of benzene rings is 1. The maximum Gasteiger partial charge on any atom is 0.356 e. The van der Waals surface area contributed by atoms with Gasteiger partial charge in [0.25, 0.3) is 0 Å². The van der Waals surface area contributed by atoms with Gasteiger partial charge < -0.3 is 20.0 Å². The van der Waals surface area contributed by atoms with Gasteiger partial charge in [-0.3, -0.25) is 14.7 Å². The lowest BCUT2D eigenvalue weighted by Crippen LogP contribution is -2.39. The van der Waals surface area contributed by atoms with Crippen LogP contribution in [0.5, 0.6) is 0 Å². The first kappa shape index (κ1) is 14.8. The molecule has 0 bridgehead atoms. The van der Waals surface area contributed by atoms with Crippen molar-refractivity contribution in [1.29, 1.82) is 0 Å². The van der Waals surface area contributed by atoms with Crippen LogP contribution in [-0.4, -0.2) is 38.7 Å². The van der Waals surface area contributed by atoms with Gasteiger partial charge in [-0.05, 0) is 24.1 Å². The van der Waals surface area contributed by atoms with Gasteiger partial charge in [-0.1, -0.05) is 12.1 Å². The Labute approximate surface area is 103 Å². The predicted octanol–water partition coefficient (Wildman–Crippen LogP) is -0.975. The summed E-state index contributed by atoms with van der Waals surface area (Å²) >= 11 is 0. The van der Waals surface area contributed by atoms with E-state index < -0.39 is 26.3 Å². The Morgan fingerprint density at radius 1 is 1.28 bits per heavy atom. The van der Waals surface area contributed by atoms with Crippen molar-refractivity contribution in [3.8, 4) is 0 Å². The van der Waals surface area contributed by atoms with E-state index in [4.69, 9.17) is 20.0 Å². The number of hydrogen-bond acceptors (Lipinski definition) is 4. The molecule has 0 radical (unpaired) electrons. The SMILES string of the molecule is O=C(O)[C@H](Cc1ccc(P(=O)(O)O)cc1)NCO. The van der Waals surface area contributed by atoms with Gasteiger partial charge in [0.2, 0.25) is 0 Å². The summed E-state index contributed by atoms with van der Waals surface area (Å²) in [5.74, 6) is -1.11. The van der Waals surface area contributed by atoms with Crippen LogP contribution in [0, 0.1) is 0 Å². The minimum Gasteiger partial charge on any atom is -0.480 e. The zero-order chi connectivity index (χ0) is 13.8. The molecule has 0 aliphatic heterocycles. The zero-order valence-corrected chi connectivity index (χ0v) is 10.2. The summed E-state index contributed by atoms with van der Waals surface area (Å²) in [4.78, 5) is 28.6. The van der Waals surface area contributed by atoms with E-state index >= 15 is 0 Å². The molecule has 0 spiro atoms. The Kier molecular flexibility index (Phi) is 5.01. The van der Waals surface area contributed by atoms with Crippen LogP contribution in [-0.2, 0) is 15.8 Å². The Bertz CT molecular complexity index is 454. The standard InChI is InChI=1S/C10H14NO6P/c12-6-11-9(10(13)14)5-7-1-3-8(4-2-7)18(15,16)17/h1-4,9,11-12H,5-6H2,(H,13,14)(H2,15,16,17)/t9-/m0/s1.